The number of amides is 1. The van der Waals surface area contributed by atoms with Gasteiger partial charge in [-0.3, -0.25) is 14.9 Å². The number of aromatic nitrogens is 1. The van der Waals surface area contributed by atoms with Crippen molar-refractivity contribution in [2.75, 3.05) is 25.0 Å². The van der Waals surface area contributed by atoms with Crippen LogP contribution >= 0.6 is 11.3 Å². The molecular weight excluding hydrogens is 352 g/mol. The van der Waals surface area contributed by atoms with Gasteiger partial charge in [-0.05, 0) is 31.4 Å². The highest BCUT2D eigenvalue weighted by Gasteiger charge is 2.24. The number of hydrogen-bond acceptors (Lipinski definition) is 6. The van der Waals surface area contributed by atoms with Gasteiger partial charge in [-0.25, -0.2) is 4.98 Å². The number of rotatable bonds is 6. The third kappa shape index (κ3) is 3.85. The Morgan fingerprint density at radius 2 is 2.12 bits per heavy atom. The zero-order chi connectivity index (χ0) is 18.7. The summed E-state index contributed by atoms with van der Waals surface area (Å²) >= 11 is 1.58. The Bertz CT molecular complexity index is 815. The molecule has 0 N–H and O–H groups in total. The summed E-state index contributed by atoms with van der Waals surface area (Å²) < 4.78 is 0. The van der Waals surface area contributed by atoms with Gasteiger partial charge in [0.05, 0.1) is 22.2 Å². The number of nitro groups is 1. The van der Waals surface area contributed by atoms with Crippen LogP contribution in [0.25, 0.3) is 0 Å². The van der Waals surface area contributed by atoms with Gasteiger partial charge in [0.15, 0.2) is 0 Å². The number of hydrogen-bond donors (Lipinski definition) is 0. The monoisotopic (exact) mass is 374 g/mol. The molecule has 1 aliphatic heterocycles. The standard InChI is InChI=1S/C18H22N4O3S/c1-3-17-19-14(12-26-17)11-20(2)18(23)13-6-7-15(16(10-13)22(24)25)21-8-4-5-9-21/h6-7,10,12H,3-5,8-9,11H2,1-2H3. The molecule has 0 saturated carbocycles. The molecule has 26 heavy (non-hydrogen) atoms. The average molecular weight is 374 g/mol. The topological polar surface area (TPSA) is 79.6 Å². The minimum absolute atomic E-state index is 0.00641. The number of nitro benzene ring substituents is 1. The molecule has 0 spiro atoms. The Balaban J connectivity index is 1.79. The van der Waals surface area contributed by atoms with Crippen LogP contribution in [0.4, 0.5) is 11.4 Å². The van der Waals surface area contributed by atoms with Crippen molar-refractivity contribution in [3.8, 4) is 0 Å². The predicted molar refractivity (Wildman–Crippen MR) is 102 cm³/mol. The average Bonchev–Trinajstić information content (AvgIpc) is 3.32. The first-order valence-electron chi connectivity index (χ1n) is 8.71. The Kier molecular flexibility index (Phi) is 5.51. The summed E-state index contributed by atoms with van der Waals surface area (Å²) in [5, 5.41) is 14.5. The predicted octanol–water partition coefficient (Wildman–Crippen LogP) is 3.49. The zero-order valence-corrected chi connectivity index (χ0v) is 15.8. The molecule has 0 bridgehead atoms. The van der Waals surface area contributed by atoms with Crippen LogP contribution < -0.4 is 4.90 Å². The summed E-state index contributed by atoms with van der Waals surface area (Å²) in [6.45, 7) is 4.06. The van der Waals surface area contributed by atoms with E-state index < -0.39 is 4.92 Å². The Labute approximate surface area is 156 Å². The van der Waals surface area contributed by atoms with E-state index in [2.05, 4.69) is 4.98 Å². The lowest BCUT2D eigenvalue weighted by Gasteiger charge is -2.19. The summed E-state index contributed by atoms with van der Waals surface area (Å²) in [5.74, 6) is -0.243. The van der Waals surface area contributed by atoms with Crippen LogP contribution in [0.3, 0.4) is 0 Å². The van der Waals surface area contributed by atoms with E-state index in [-0.39, 0.29) is 11.6 Å². The van der Waals surface area contributed by atoms with Crippen LogP contribution in [0.2, 0.25) is 0 Å². The third-order valence-electron chi connectivity index (χ3n) is 4.51. The fourth-order valence-corrected chi connectivity index (χ4v) is 3.88. The van der Waals surface area contributed by atoms with Gasteiger partial charge < -0.3 is 9.80 Å². The van der Waals surface area contributed by atoms with Crippen LogP contribution in [0, 0.1) is 10.1 Å². The molecule has 0 aliphatic carbocycles. The molecular formula is C18H22N4O3S. The van der Waals surface area contributed by atoms with E-state index in [1.807, 2.05) is 17.2 Å². The lowest BCUT2D eigenvalue weighted by molar-refractivity contribution is -0.384. The number of anilines is 1. The molecule has 1 aromatic heterocycles. The molecule has 3 rings (SSSR count). The zero-order valence-electron chi connectivity index (χ0n) is 15.0. The smallest absolute Gasteiger partial charge is 0.293 e. The minimum atomic E-state index is -0.404. The Hall–Kier alpha value is -2.48. The summed E-state index contributed by atoms with van der Waals surface area (Å²) in [7, 11) is 1.69. The molecule has 0 radical (unpaired) electrons. The molecule has 1 aliphatic rings. The second-order valence-corrected chi connectivity index (χ2v) is 7.34. The highest BCUT2D eigenvalue weighted by molar-refractivity contribution is 7.09. The molecule has 7 nitrogen and oxygen atoms in total. The maximum atomic E-state index is 12.7. The first-order chi connectivity index (χ1) is 12.5. The fraction of sp³-hybridized carbons (Fsp3) is 0.444. The first-order valence-corrected chi connectivity index (χ1v) is 9.59. The Morgan fingerprint density at radius 3 is 2.73 bits per heavy atom. The second kappa shape index (κ2) is 7.82. The molecule has 0 unspecified atom stereocenters. The highest BCUT2D eigenvalue weighted by Crippen LogP contribution is 2.32. The molecule has 1 amide bonds. The van der Waals surface area contributed by atoms with Crippen LogP contribution in [0.5, 0.6) is 0 Å². The molecule has 1 saturated heterocycles. The van der Waals surface area contributed by atoms with Crippen molar-refractivity contribution >= 4 is 28.6 Å². The lowest BCUT2D eigenvalue weighted by atomic mass is 10.1. The lowest BCUT2D eigenvalue weighted by Crippen LogP contribution is -2.26. The van der Waals surface area contributed by atoms with Crippen molar-refractivity contribution in [1.29, 1.82) is 0 Å². The largest absolute Gasteiger partial charge is 0.366 e. The SMILES string of the molecule is CCc1nc(CN(C)C(=O)c2ccc(N3CCCC3)c([N+](=O)[O-])c2)cs1. The molecule has 2 heterocycles. The van der Waals surface area contributed by atoms with Crippen LogP contribution in [0.15, 0.2) is 23.6 Å². The summed E-state index contributed by atoms with van der Waals surface area (Å²) in [4.78, 5) is 31.8. The van der Waals surface area contributed by atoms with Gasteiger partial charge in [0.2, 0.25) is 0 Å². The summed E-state index contributed by atoms with van der Waals surface area (Å²) in [6.07, 6.45) is 2.94. The number of thiazole rings is 1. The number of carbonyl (C=O) groups is 1. The number of carbonyl (C=O) groups excluding carboxylic acids is 1. The van der Waals surface area contributed by atoms with Crippen molar-refractivity contribution in [3.63, 3.8) is 0 Å². The molecule has 1 fully saturated rings. The van der Waals surface area contributed by atoms with Crippen LogP contribution in [-0.2, 0) is 13.0 Å². The van der Waals surface area contributed by atoms with E-state index in [4.69, 9.17) is 0 Å². The minimum Gasteiger partial charge on any atom is -0.366 e. The van der Waals surface area contributed by atoms with Gasteiger partial charge in [0.1, 0.15) is 5.69 Å². The number of nitrogens with zero attached hydrogens (tertiary/aromatic N) is 4. The van der Waals surface area contributed by atoms with Crippen molar-refractivity contribution in [2.45, 2.75) is 32.7 Å². The van der Waals surface area contributed by atoms with E-state index in [1.165, 1.54) is 6.07 Å². The van der Waals surface area contributed by atoms with Gasteiger partial charge in [0.25, 0.3) is 11.6 Å². The van der Waals surface area contributed by atoms with Gasteiger partial charge in [0, 0.05) is 37.1 Å². The third-order valence-corrected chi connectivity index (χ3v) is 5.56. The fourth-order valence-electron chi connectivity index (χ4n) is 3.15. The Morgan fingerprint density at radius 1 is 1.38 bits per heavy atom. The van der Waals surface area contributed by atoms with E-state index in [0.29, 0.717) is 17.8 Å². The highest BCUT2D eigenvalue weighted by atomic mass is 32.1. The molecule has 8 heteroatoms. The second-order valence-electron chi connectivity index (χ2n) is 6.40. The summed E-state index contributed by atoms with van der Waals surface area (Å²) in [5.41, 5.74) is 1.76. The molecule has 2 aromatic rings. The maximum Gasteiger partial charge on any atom is 0.293 e. The van der Waals surface area contributed by atoms with Crippen molar-refractivity contribution in [3.05, 3.63) is 50.0 Å². The van der Waals surface area contributed by atoms with Crippen LogP contribution in [-0.4, -0.2) is 40.9 Å². The van der Waals surface area contributed by atoms with E-state index >= 15 is 0 Å². The number of benzene rings is 1. The maximum absolute atomic E-state index is 12.7. The first kappa shape index (κ1) is 18.3. The van der Waals surface area contributed by atoms with Gasteiger partial charge in [-0.15, -0.1) is 11.3 Å². The normalized spacial score (nSPS) is 13.8. The van der Waals surface area contributed by atoms with Gasteiger partial charge in [-0.2, -0.15) is 0 Å². The van der Waals surface area contributed by atoms with Crippen molar-refractivity contribution in [1.82, 2.24) is 9.88 Å². The quantitative estimate of drug-likeness (QED) is 0.571. The van der Waals surface area contributed by atoms with Crippen molar-refractivity contribution in [2.24, 2.45) is 0 Å². The number of aryl methyl sites for hydroxylation is 1. The molecule has 0 atom stereocenters. The van der Waals surface area contributed by atoms with Gasteiger partial charge >= 0.3 is 0 Å². The molecule has 1 aromatic carbocycles. The van der Waals surface area contributed by atoms with Gasteiger partial charge in [-0.1, -0.05) is 6.92 Å². The molecule has 138 valence electrons. The van der Waals surface area contributed by atoms with E-state index in [0.717, 1.165) is 43.1 Å². The van der Waals surface area contributed by atoms with Crippen molar-refractivity contribution < 1.29 is 9.72 Å². The van der Waals surface area contributed by atoms with E-state index in [1.54, 1.807) is 35.4 Å². The summed E-state index contributed by atoms with van der Waals surface area (Å²) in [6, 6.07) is 4.77. The van der Waals surface area contributed by atoms with Crippen LogP contribution in [0.1, 0.15) is 40.8 Å². The van der Waals surface area contributed by atoms with E-state index in [9.17, 15) is 14.9 Å².